The number of hydrogen-bond acceptors (Lipinski definition) is 5. The number of anilines is 1. The van der Waals surface area contributed by atoms with Gasteiger partial charge in [0.05, 0.1) is 19.3 Å². The van der Waals surface area contributed by atoms with Crippen molar-refractivity contribution in [2.45, 2.75) is 20.0 Å². The summed E-state index contributed by atoms with van der Waals surface area (Å²) in [6, 6.07) is 21.9. The van der Waals surface area contributed by atoms with Crippen molar-refractivity contribution < 1.29 is 17.9 Å². The molecular formula is C25H24N2O4S. The number of ketones is 1. The molecule has 0 unspecified atom stereocenters. The quantitative estimate of drug-likeness (QED) is 0.573. The molecule has 0 spiro atoms. The van der Waals surface area contributed by atoms with Crippen molar-refractivity contribution in [1.29, 1.82) is 0 Å². The number of hydrogen-bond donors (Lipinski definition) is 1. The molecule has 0 saturated carbocycles. The van der Waals surface area contributed by atoms with Gasteiger partial charge >= 0.3 is 0 Å². The van der Waals surface area contributed by atoms with Crippen LogP contribution in [0.4, 0.5) is 5.69 Å². The molecule has 164 valence electrons. The van der Waals surface area contributed by atoms with Gasteiger partial charge in [0.1, 0.15) is 5.75 Å². The molecule has 6 nitrogen and oxygen atoms in total. The van der Waals surface area contributed by atoms with E-state index in [1.807, 2.05) is 55.5 Å². The summed E-state index contributed by atoms with van der Waals surface area (Å²) in [5.41, 5.74) is 3.53. The Balaban J connectivity index is 1.69. The lowest BCUT2D eigenvalue weighted by atomic mass is 10.1. The largest absolute Gasteiger partial charge is 0.496 e. The van der Waals surface area contributed by atoms with E-state index in [1.165, 1.54) is 10.5 Å². The van der Waals surface area contributed by atoms with Gasteiger partial charge in [0.2, 0.25) is 5.78 Å². The normalized spacial score (nSPS) is 16.0. The smallest absolute Gasteiger partial charge is 0.270 e. The summed E-state index contributed by atoms with van der Waals surface area (Å²) >= 11 is 0. The number of para-hydroxylation sites is 2. The molecule has 1 aliphatic rings. The molecule has 3 aromatic rings. The first-order chi connectivity index (χ1) is 15.4. The van der Waals surface area contributed by atoms with Crippen molar-refractivity contribution in [3.05, 3.63) is 106 Å². The third-order valence-corrected chi connectivity index (χ3v) is 7.14. The minimum absolute atomic E-state index is 0.136. The van der Waals surface area contributed by atoms with Crippen molar-refractivity contribution in [2.75, 3.05) is 11.4 Å². The molecule has 0 radical (unpaired) electrons. The lowest BCUT2D eigenvalue weighted by molar-refractivity contribution is 0.104. The van der Waals surface area contributed by atoms with Crippen molar-refractivity contribution in [3.8, 4) is 5.75 Å². The van der Waals surface area contributed by atoms with Gasteiger partial charge in [-0.25, -0.2) is 8.42 Å². The number of Topliss-reactive ketones (excluding diaryl/α,β-unsaturated/α-hetero) is 1. The second kappa shape index (κ2) is 8.88. The first-order valence-electron chi connectivity index (χ1n) is 10.2. The van der Waals surface area contributed by atoms with Crippen LogP contribution in [0.3, 0.4) is 0 Å². The minimum atomic E-state index is -4.05. The number of carbonyl (C=O) groups excluding carboxylic acids is 1. The van der Waals surface area contributed by atoms with E-state index in [4.69, 9.17) is 4.74 Å². The van der Waals surface area contributed by atoms with Crippen LogP contribution in [0.25, 0.3) is 0 Å². The Bertz CT molecular complexity index is 1280. The van der Waals surface area contributed by atoms with Crippen molar-refractivity contribution in [2.24, 2.45) is 0 Å². The van der Waals surface area contributed by atoms with E-state index >= 15 is 0 Å². The van der Waals surface area contributed by atoms with Crippen molar-refractivity contribution >= 4 is 21.5 Å². The van der Waals surface area contributed by atoms with E-state index in [0.717, 1.165) is 16.7 Å². The standard InChI is InChI=1S/C25H24N2O4S/c1-18-11-13-19(14-12-18)17-27-22-9-5-4-8-21(22)25(28)24(32(27,29)30)16-26-15-20-7-3-6-10-23(20)31-2/h3-14,16,26H,15,17H2,1-2H3. The van der Waals surface area contributed by atoms with E-state index in [2.05, 4.69) is 5.32 Å². The number of rotatable bonds is 6. The third kappa shape index (κ3) is 4.11. The second-order valence-corrected chi connectivity index (χ2v) is 9.38. The molecular weight excluding hydrogens is 424 g/mol. The highest BCUT2D eigenvalue weighted by Crippen LogP contribution is 2.36. The van der Waals surface area contributed by atoms with Crippen LogP contribution in [-0.2, 0) is 23.1 Å². The van der Waals surface area contributed by atoms with Crippen LogP contribution < -0.4 is 14.4 Å². The maximum atomic E-state index is 13.5. The van der Waals surface area contributed by atoms with Gasteiger partial charge in [0.15, 0.2) is 4.91 Å². The molecule has 32 heavy (non-hydrogen) atoms. The molecule has 1 N–H and O–H groups in total. The Hall–Kier alpha value is -3.58. The third-order valence-electron chi connectivity index (χ3n) is 5.37. The summed E-state index contributed by atoms with van der Waals surface area (Å²) in [5.74, 6) is 0.163. The van der Waals surface area contributed by atoms with Crippen LogP contribution in [0.2, 0.25) is 0 Å². The molecule has 3 aromatic carbocycles. The second-order valence-electron chi connectivity index (χ2n) is 7.54. The van der Waals surface area contributed by atoms with Crippen LogP contribution in [-0.4, -0.2) is 21.3 Å². The number of ether oxygens (including phenoxy) is 1. The van der Waals surface area contributed by atoms with Gasteiger partial charge in [-0.2, -0.15) is 0 Å². The molecule has 0 saturated heterocycles. The summed E-state index contributed by atoms with van der Waals surface area (Å²) in [6.45, 7) is 2.43. The zero-order valence-corrected chi connectivity index (χ0v) is 18.7. The predicted octanol–water partition coefficient (Wildman–Crippen LogP) is 4.17. The lowest BCUT2D eigenvalue weighted by Gasteiger charge is -2.31. The number of aryl methyl sites for hydroxylation is 1. The number of nitrogens with zero attached hydrogens (tertiary/aromatic N) is 1. The molecule has 0 fully saturated rings. The zero-order chi connectivity index (χ0) is 22.7. The Morgan fingerprint density at radius 2 is 1.66 bits per heavy atom. The molecule has 0 aromatic heterocycles. The van der Waals surface area contributed by atoms with E-state index in [-0.39, 0.29) is 11.4 Å². The molecule has 4 rings (SSSR count). The van der Waals surface area contributed by atoms with Crippen molar-refractivity contribution in [1.82, 2.24) is 5.32 Å². The van der Waals surface area contributed by atoms with Crippen molar-refractivity contribution in [3.63, 3.8) is 0 Å². The van der Waals surface area contributed by atoms with Gasteiger partial charge in [-0.15, -0.1) is 0 Å². The Morgan fingerprint density at radius 1 is 0.969 bits per heavy atom. The fourth-order valence-corrected chi connectivity index (χ4v) is 5.20. The average Bonchev–Trinajstić information content (AvgIpc) is 2.80. The number of sulfonamides is 1. The molecule has 0 amide bonds. The van der Waals surface area contributed by atoms with Crippen LogP contribution in [0.5, 0.6) is 5.75 Å². The van der Waals surface area contributed by atoms with E-state index in [9.17, 15) is 13.2 Å². The maximum absolute atomic E-state index is 13.5. The number of benzene rings is 3. The summed E-state index contributed by atoms with van der Waals surface area (Å²) < 4.78 is 33.6. The molecule has 0 bridgehead atoms. The van der Waals surface area contributed by atoms with E-state index < -0.39 is 15.8 Å². The van der Waals surface area contributed by atoms with Gasteiger partial charge in [-0.1, -0.05) is 60.2 Å². The number of carbonyl (C=O) groups is 1. The number of methoxy groups -OCH3 is 1. The highest BCUT2D eigenvalue weighted by molar-refractivity contribution is 7.97. The molecule has 0 atom stereocenters. The number of fused-ring (bicyclic) bond motifs is 1. The number of nitrogens with one attached hydrogen (secondary N) is 1. The molecule has 1 heterocycles. The zero-order valence-electron chi connectivity index (χ0n) is 17.9. The Kier molecular flexibility index (Phi) is 6.01. The van der Waals surface area contributed by atoms with Crippen LogP contribution in [0.1, 0.15) is 27.0 Å². The summed E-state index contributed by atoms with van der Waals surface area (Å²) in [7, 11) is -2.48. The van der Waals surface area contributed by atoms with E-state index in [1.54, 1.807) is 31.4 Å². The van der Waals surface area contributed by atoms with Crippen LogP contribution >= 0.6 is 0 Å². The monoisotopic (exact) mass is 448 g/mol. The fraction of sp³-hybridized carbons (Fsp3) is 0.160. The summed E-state index contributed by atoms with van der Waals surface area (Å²) in [5, 5.41) is 2.99. The fourth-order valence-electron chi connectivity index (χ4n) is 3.65. The highest BCUT2D eigenvalue weighted by atomic mass is 32.2. The van der Waals surface area contributed by atoms with Crippen LogP contribution in [0.15, 0.2) is 83.9 Å². The van der Waals surface area contributed by atoms with Gasteiger partial charge < -0.3 is 10.1 Å². The summed E-state index contributed by atoms with van der Waals surface area (Å²) in [4.78, 5) is 12.8. The van der Waals surface area contributed by atoms with Gasteiger partial charge in [0.25, 0.3) is 10.0 Å². The molecule has 7 heteroatoms. The molecule has 1 aliphatic heterocycles. The minimum Gasteiger partial charge on any atom is -0.496 e. The SMILES string of the molecule is COc1ccccc1CNC=C1C(=O)c2ccccc2N(Cc2ccc(C)cc2)S1(=O)=O. The predicted molar refractivity (Wildman–Crippen MR) is 125 cm³/mol. The van der Waals surface area contributed by atoms with Gasteiger partial charge in [-0.3, -0.25) is 9.10 Å². The van der Waals surface area contributed by atoms with E-state index in [0.29, 0.717) is 23.5 Å². The average molecular weight is 449 g/mol. The summed E-state index contributed by atoms with van der Waals surface area (Å²) in [6.07, 6.45) is 1.29. The first kappa shape index (κ1) is 21.6. The number of allylic oxidation sites excluding steroid dienone is 1. The highest BCUT2D eigenvalue weighted by Gasteiger charge is 2.39. The molecule has 0 aliphatic carbocycles. The van der Waals surface area contributed by atoms with Gasteiger partial charge in [0, 0.05) is 23.9 Å². The Morgan fingerprint density at radius 3 is 2.41 bits per heavy atom. The first-order valence-corrected chi connectivity index (χ1v) is 11.6. The maximum Gasteiger partial charge on any atom is 0.270 e. The topological polar surface area (TPSA) is 75.7 Å². The lowest BCUT2D eigenvalue weighted by Crippen LogP contribution is -2.39. The Labute approximate surface area is 188 Å². The van der Waals surface area contributed by atoms with Gasteiger partial charge in [-0.05, 0) is 30.7 Å². The van der Waals surface area contributed by atoms with Crippen LogP contribution in [0, 0.1) is 6.92 Å².